The van der Waals surface area contributed by atoms with Crippen molar-refractivity contribution in [1.29, 1.82) is 0 Å². The van der Waals surface area contributed by atoms with E-state index in [4.69, 9.17) is 0 Å². The van der Waals surface area contributed by atoms with Crippen molar-refractivity contribution in [3.8, 4) is 16.9 Å². The van der Waals surface area contributed by atoms with Crippen molar-refractivity contribution in [2.75, 3.05) is 6.54 Å². The number of carbonyl (C=O) groups excluding carboxylic acids is 1. The van der Waals surface area contributed by atoms with Gasteiger partial charge in [-0.1, -0.05) is 48.5 Å². The molecule has 29 heavy (non-hydrogen) atoms. The highest BCUT2D eigenvalue weighted by Crippen LogP contribution is 2.30. The highest BCUT2D eigenvalue weighted by atomic mass is 16.3. The molecule has 2 N–H and O–H groups in total. The molecule has 4 heteroatoms. The first-order valence-corrected chi connectivity index (χ1v) is 9.71. The van der Waals surface area contributed by atoms with E-state index in [9.17, 15) is 9.90 Å². The number of phenolic OH excluding ortho intramolecular Hbond substituents is 1. The van der Waals surface area contributed by atoms with Gasteiger partial charge in [0, 0.05) is 23.7 Å². The Morgan fingerprint density at radius 1 is 0.897 bits per heavy atom. The normalized spacial score (nSPS) is 10.8. The second kappa shape index (κ2) is 8.57. The Bertz CT molecular complexity index is 1120. The van der Waals surface area contributed by atoms with E-state index in [0.29, 0.717) is 17.6 Å². The van der Waals surface area contributed by atoms with Crippen LogP contribution in [0.1, 0.15) is 22.3 Å². The van der Waals surface area contributed by atoms with Gasteiger partial charge in [-0.15, -0.1) is 0 Å². The van der Waals surface area contributed by atoms with Gasteiger partial charge >= 0.3 is 0 Å². The second-order valence-corrected chi connectivity index (χ2v) is 6.99. The molecule has 4 nitrogen and oxygen atoms in total. The Morgan fingerprint density at radius 2 is 1.69 bits per heavy atom. The monoisotopic (exact) mass is 382 g/mol. The van der Waals surface area contributed by atoms with Gasteiger partial charge in [0.15, 0.2) is 0 Å². The fourth-order valence-corrected chi connectivity index (χ4v) is 3.39. The van der Waals surface area contributed by atoms with Crippen LogP contribution in [0.15, 0.2) is 85.1 Å². The Hall–Kier alpha value is -3.66. The fraction of sp³-hybridized carbons (Fsp3) is 0.120. The molecule has 0 saturated carbocycles. The van der Waals surface area contributed by atoms with Crippen LogP contribution >= 0.6 is 0 Å². The minimum atomic E-state index is -0.0739. The zero-order chi connectivity index (χ0) is 20.1. The summed E-state index contributed by atoms with van der Waals surface area (Å²) in [4.78, 5) is 16.6. The van der Waals surface area contributed by atoms with Crippen LogP contribution in [-0.4, -0.2) is 22.5 Å². The zero-order valence-electron chi connectivity index (χ0n) is 16.0. The number of benzene rings is 3. The van der Waals surface area contributed by atoms with E-state index < -0.39 is 0 Å². The number of carbonyl (C=O) groups is 1. The van der Waals surface area contributed by atoms with Crippen LogP contribution in [-0.2, 0) is 6.42 Å². The number of aromatic nitrogens is 1. The number of nitrogens with zero attached hydrogens (tertiary/aromatic N) is 1. The maximum atomic E-state index is 12.4. The van der Waals surface area contributed by atoms with Gasteiger partial charge in [0.25, 0.3) is 5.91 Å². The summed E-state index contributed by atoms with van der Waals surface area (Å²) in [7, 11) is 0. The number of fused-ring (bicyclic) bond motifs is 1. The standard InChI is InChI=1S/C25H22N2O2/c28-23-17-22(16-21-9-5-14-26-24(21)23)19-10-12-20(13-11-19)25(29)27-15-4-8-18-6-2-1-3-7-18/h1-3,5-7,9-14,16-17,28H,4,8,15H2,(H,27,29). The first-order chi connectivity index (χ1) is 14.2. The molecule has 1 aromatic heterocycles. The Balaban J connectivity index is 1.39. The van der Waals surface area contributed by atoms with Gasteiger partial charge < -0.3 is 10.4 Å². The third-order valence-corrected chi connectivity index (χ3v) is 4.94. The average molecular weight is 382 g/mol. The van der Waals surface area contributed by atoms with Crippen molar-refractivity contribution in [1.82, 2.24) is 10.3 Å². The molecule has 144 valence electrons. The molecule has 1 amide bonds. The van der Waals surface area contributed by atoms with Crippen molar-refractivity contribution in [2.45, 2.75) is 12.8 Å². The van der Waals surface area contributed by atoms with Crippen molar-refractivity contribution >= 4 is 16.8 Å². The molecule has 0 atom stereocenters. The van der Waals surface area contributed by atoms with E-state index in [1.54, 1.807) is 12.3 Å². The molecule has 0 aliphatic rings. The summed E-state index contributed by atoms with van der Waals surface area (Å²) < 4.78 is 0. The van der Waals surface area contributed by atoms with Crippen LogP contribution in [0.4, 0.5) is 0 Å². The van der Waals surface area contributed by atoms with Crippen LogP contribution in [0.3, 0.4) is 0 Å². The van der Waals surface area contributed by atoms with Crippen LogP contribution < -0.4 is 5.32 Å². The molecule has 0 unspecified atom stereocenters. The number of rotatable bonds is 6. The third-order valence-electron chi connectivity index (χ3n) is 4.94. The second-order valence-electron chi connectivity index (χ2n) is 6.99. The number of phenols is 1. The summed E-state index contributed by atoms with van der Waals surface area (Å²) in [6, 6.07) is 25.1. The molecular formula is C25H22N2O2. The van der Waals surface area contributed by atoms with Crippen molar-refractivity contribution in [3.63, 3.8) is 0 Å². The maximum Gasteiger partial charge on any atom is 0.251 e. The molecule has 0 saturated heterocycles. The first kappa shape index (κ1) is 18.7. The molecule has 1 heterocycles. The number of nitrogens with one attached hydrogen (secondary N) is 1. The zero-order valence-corrected chi connectivity index (χ0v) is 16.0. The molecular weight excluding hydrogens is 360 g/mol. The molecule has 0 aliphatic heterocycles. The summed E-state index contributed by atoms with van der Waals surface area (Å²) in [5.74, 6) is 0.0773. The van der Waals surface area contributed by atoms with Gasteiger partial charge in [0.2, 0.25) is 0 Å². The molecule has 0 aliphatic carbocycles. The molecule has 0 radical (unpaired) electrons. The van der Waals surface area contributed by atoms with Crippen LogP contribution in [0.5, 0.6) is 5.75 Å². The number of hydrogen-bond acceptors (Lipinski definition) is 3. The van der Waals surface area contributed by atoms with Gasteiger partial charge in [-0.3, -0.25) is 9.78 Å². The van der Waals surface area contributed by atoms with Gasteiger partial charge in [0.05, 0.1) is 0 Å². The predicted molar refractivity (Wildman–Crippen MR) is 116 cm³/mol. The lowest BCUT2D eigenvalue weighted by Crippen LogP contribution is -2.24. The topological polar surface area (TPSA) is 62.2 Å². The van der Waals surface area contributed by atoms with E-state index in [2.05, 4.69) is 22.4 Å². The SMILES string of the molecule is O=C(NCCCc1ccccc1)c1ccc(-c2cc(O)c3ncccc3c2)cc1. The van der Waals surface area contributed by atoms with E-state index in [0.717, 1.165) is 29.4 Å². The summed E-state index contributed by atoms with van der Waals surface area (Å²) in [6.07, 6.45) is 3.51. The lowest BCUT2D eigenvalue weighted by atomic mass is 10.0. The molecule has 4 rings (SSSR count). The van der Waals surface area contributed by atoms with Crippen molar-refractivity contribution < 1.29 is 9.90 Å². The maximum absolute atomic E-state index is 12.4. The van der Waals surface area contributed by atoms with E-state index in [-0.39, 0.29) is 11.7 Å². The fourth-order valence-electron chi connectivity index (χ4n) is 3.39. The molecule has 3 aromatic carbocycles. The molecule has 0 spiro atoms. The average Bonchev–Trinajstić information content (AvgIpc) is 2.77. The summed E-state index contributed by atoms with van der Waals surface area (Å²) in [5, 5.41) is 14.1. The summed E-state index contributed by atoms with van der Waals surface area (Å²) in [5.41, 5.74) is 4.31. The van der Waals surface area contributed by atoms with Crippen molar-refractivity contribution in [3.05, 3.63) is 96.2 Å². The smallest absolute Gasteiger partial charge is 0.251 e. The van der Waals surface area contributed by atoms with Gasteiger partial charge in [-0.2, -0.15) is 0 Å². The molecule has 0 bridgehead atoms. The first-order valence-electron chi connectivity index (χ1n) is 9.71. The lowest BCUT2D eigenvalue weighted by Gasteiger charge is -2.08. The van der Waals surface area contributed by atoms with Gasteiger partial charge in [0.1, 0.15) is 11.3 Å². The molecule has 4 aromatic rings. The quantitative estimate of drug-likeness (QED) is 0.463. The van der Waals surface area contributed by atoms with Gasteiger partial charge in [-0.25, -0.2) is 0 Å². The third kappa shape index (κ3) is 4.43. The van der Waals surface area contributed by atoms with Gasteiger partial charge in [-0.05, 0) is 59.9 Å². The van der Waals surface area contributed by atoms with Crippen LogP contribution in [0, 0.1) is 0 Å². The highest BCUT2D eigenvalue weighted by Gasteiger charge is 2.08. The Labute approximate surface area is 169 Å². The van der Waals surface area contributed by atoms with E-state index in [1.807, 2.05) is 60.7 Å². The van der Waals surface area contributed by atoms with E-state index >= 15 is 0 Å². The predicted octanol–water partition coefficient (Wildman–Crippen LogP) is 4.97. The Morgan fingerprint density at radius 3 is 2.48 bits per heavy atom. The highest BCUT2D eigenvalue weighted by molar-refractivity contribution is 5.95. The minimum Gasteiger partial charge on any atom is -0.506 e. The largest absolute Gasteiger partial charge is 0.506 e. The number of pyridine rings is 1. The number of amides is 1. The van der Waals surface area contributed by atoms with Crippen LogP contribution in [0.2, 0.25) is 0 Å². The molecule has 0 fully saturated rings. The lowest BCUT2D eigenvalue weighted by molar-refractivity contribution is 0.0953. The number of aryl methyl sites for hydroxylation is 1. The number of aromatic hydroxyl groups is 1. The van der Waals surface area contributed by atoms with Crippen molar-refractivity contribution in [2.24, 2.45) is 0 Å². The Kier molecular flexibility index (Phi) is 5.52. The number of hydrogen-bond donors (Lipinski definition) is 2. The minimum absolute atomic E-state index is 0.0739. The summed E-state index contributed by atoms with van der Waals surface area (Å²) in [6.45, 7) is 0.640. The van der Waals surface area contributed by atoms with Crippen LogP contribution in [0.25, 0.3) is 22.0 Å². The summed E-state index contributed by atoms with van der Waals surface area (Å²) >= 11 is 0. The van der Waals surface area contributed by atoms with E-state index in [1.165, 1.54) is 5.56 Å².